The van der Waals surface area contributed by atoms with Crippen LogP contribution < -0.4 is 0 Å². The third-order valence-electron chi connectivity index (χ3n) is 4.99. The van der Waals surface area contributed by atoms with Gasteiger partial charge in [0.15, 0.2) is 0 Å². The first-order valence-corrected chi connectivity index (χ1v) is 10.8. The van der Waals surface area contributed by atoms with Gasteiger partial charge < -0.3 is 0 Å². The largest absolute Gasteiger partial charge is 0.0654 e. The van der Waals surface area contributed by atoms with Crippen LogP contribution in [-0.4, -0.2) is 0 Å². The van der Waals surface area contributed by atoms with E-state index in [-0.39, 0.29) is 0 Å². The molecule has 0 saturated carbocycles. The van der Waals surface area contributed by atoms with Crippen LogP contribution in [0.25, 0.3) is 0 Å². The van der Waals surface area contributed by atoms with Gasteiger partial charge in [-0.1, -0.05) is 127 Å². The van der Waals surface area contributed by atoms with Crippen LogP contribution in [0.5, 0.6) is 0 Å². The monoisotopic (exact) mass is 329 g/mol. The van der Waals surface area contributed by atoms with Gasteiger partial charge in [0.2, 0.25) is 0 Å². The van der Waals surface area contributed by atoms with E-state index in [1.165, 1.54) is 108 Å². The summed E-state index contributed by atoms with van der Waals surface area (Å²) in [5.41, 5.74) is 1.47. The van der Waals surface area contributed by atoms with Crippen molar-refractivity contribution in [2.24, 2.45) is 0 Å². The Morgan fingerprint density at radius 2 is 1.08 bits per heavy atom. The summed E-state index contributed by atoms with van der Waals surface area (Å²) in [6.45, 7) is 2.29. The van der Waals surface area contributed by atoms with Crippen LogP contribution in [-0.2, 0) is 6.42 Å². The number of hydrogen-bond acceptors (Lipinski definition) is 0. The molecule has 137 valence electrons. The summed E-state index contributed by atoms with van der Waals surface area (Å²) in [6.07, 6.45) is 25.1. The van der Waals surface area contributed by atoms with Crippen LogP contribution in [0.15, 0.2) is 30.3 Å². The minimum Gasteiger partial charge on any atom is -0.0654 e. The van der Waals surface area contributed by atoms with Gasteiger partial charge in [-0.15, -0.1) is 0 Å². The highest BCUT2D eigenvalue weighted by Crippen LogP contribution is 2.14. The maximum absolute atomic E-state index is 2.49. The molecule has 1 rings (SSSR count). The SMILES string of the molecule is CCCCCCCCCCCCCCC[CH]CCc1ccccc1. The third-order valence-corrected chi connectivity index (χ3v) is 4.99. The van der Waals surface area contributed by atoms with Gasteiger partial charge in [-0.3, -0.25) is 0 Å². The van der Waals surface area contributed by atoms with Crippen molar-refractivity contribution in [2.75, 3.05) is 0 Å². The Kier molecular flexibility index (Phi) is 15.1. The summed E-state index contributed by atoms with van der Waals surface area (Å²) >= 11 is 0. The van der Waals surface area contributed by atoms with Crippen molar-refractivity contribution in [1.29, 1.82) is 0 Å². The normalized spacial score (nSPS) is 11.0. The zero-order valence-corrected chi connectivity index (χ0v) is 16.3. The van der Waals surface area contributed by atoms with Crippen LogP contribution in [0.2, 0.25) is 0 Å². The van der Waals surface area contributed by atoms with Crippen molar-refractivity contribution in [3.8, 4) is 0 Å². The minimum atomic E-state index is 1.21. The lowest BCUT2D eigenvalue weighted by Gasteiger charge is -2.04. The van der Waals surface area contributed by atoms with Gasteiger partial charge >= 0.3 is 0 Å². The summed E-state index contributed by atoms with van der Waals surface area (Å²) < 4.78 is 0. The molecular formula is C24H41. The Bertz CT molecular complexity index is 340. The van der Waals surface area contributed by atoms with Crippen LogP contribution in [0.1, 0.15) is 109 Å². The van der Waals surface area contributed by atoms with Crippen LogP contribution in [0, 0.1) is 6.42 Å². The summed E-state index contributed by atoms with van der Waals surface area (Å²) in [6, 6.07) is 10.8. The molecule has 0 bridgehead atoms. The molecule has 0 atom stereocenters. The highest BCUT2D eigenvalue weighted by Gasteiger charge is 1.95. The van der Waals surface area contributed by atoms with Crippen LogP contribution in [0.3, 0.4) is 0 Å². The first kappa shape index (κ1) is 21.3. The van der Waals surface area contributed by atoms with Crippen molar-refractivity contribution >= 4 is 0 Å². The molecule has 0 aromatic heterocycles. The molecule has 0 heteroatoms. The summed E-state index contributed by atoms with van der Waals surface area (Å²) in [5, 5.41) is 0. The second kappa shape index (κ2) is 17.1. The summed E-state index contributed by atoms with van der Waals surface area (Å²) in [7, 11) is 0. The zero-order chi connectivity index (χ0) is 17.1. The molecule has 0 spiro atoms. The Hall–Kier alpha value is -0.780. The van der Waals surface area contributed by atoms with E-state index >= 15 is 0 Å². The Balaban J connectivity index is 1.70. The number of aryl methyl sites for hydroxylation is 1. The number of benzene rings is 1. The molecule has 0 unspecified atom stereocenters. The van der Waals surface area contributed by atoms with Gasteiger partial charge in [0.25, 0.3) is 0 Å². The molecule has 1 aromatic carbocycles. The molecule has 0 heterocycles. The van der Waals surface area contributed by atoms with Gasteiger partial charge in [-0.25, -0.2) is 0 Å². The fraction of sp³-hybridized carbons (Fsp3) is 0.708. The van der Waals surface area contributed by atoms with Crippen LogP contribution in [0.4, 0.5) is 0 Å². The van der Waals surface area contributed by atoms with E-state index in [2.05, 4.69) is 43.7 Å². The zero-order valence-electron chi connectivity index (χ0n) is 16.3. The van der Waals surface area contributed by atoms with Gasteiger partial charge in [0.05, 0.1) is 0 Å². The van der Waals surface area contributed by atoms with E-state index in [1.54, 1.807) is 0 Å². The quantitative estimate of drug-likeness (QED) is 0.252. The lowest BCUT2D eigenvalue weighted by molar-refractivity contribution is 0.538. The predicted molar refractivity (Wildman–Crippen MR) is 109 cm³/mol. The Labute approximate surface area is 152 Å². The Morgan fingerprint density at radius 3 is 1.62 bits per heavy atom. The molecule has 1 aromatic rings. The van der Waals surface area contributed by atoms with E-state index in [0.717, 1.165) is 0 Å². The average molecular weight is 330 g/mol. The van der Waals surface area contributed by atoms with Crippen molar-refractivity contribution in [3.05, 3.63) is 42.3 Å². The molecule has 0 aliphatic heterocycles. The van der Waals surface area contributed by atoms with E-state index in [0.29, 0.717) is 0 Å². The molecule has 24 heavy (non-hydrogen) atoms. The smallest absolute Gasteiger partial charge is 0.0276 e. The maximum Gasteiger partial charge on any atom is -0.0276 e. The molecular weight excluding hydrogens is 288 g/mol. The van der Waals surface area contributed by atoms with E-state index in [1.807, 2.05) is 0 Å². The van der Waals surface area contributed by atoms with E-state index < -0.39 is 0 Å². The molecule has 0 fully saturated rings. The van der Waals surface area contributed by atoms with Crippen molar-refractivity contribution in [2.45, 2.75) is 110 Å². The molecule has 0 aliphatic carbocycles. The number of rotatable bonds is 17. The van der Waals surface area contributed by atoms with Gasteiger partial charge in [0, 0.05) is 0 Å². The summed E-state index contributed by atoms with van der Waals surface area (Å²) in [4.78, 5) is 0. The molecule has 0 aliphatic rings. The molecule has 1 radical (unpaired) electrons. The van der Waals surface area contributed by atoms with Gasteiger partial charge in [0.1, 0.15) is 0 Å². The second-order valence-electron chi connectivity index (χ2n) is 7.34. The predicted octanol–water partition coefficient (Wildman–Crippen LogP) is 8.30. The highest BCUT2D eigenvalue weighted by molar-refractivity contribution is 5.14. The average Bonchev–Trinajstić information content (AvgIpc) is 2.62. The highest BCUT2D eigenvalue weighted by atomic mass is 14.0. The fourth-order valence-electron chi connectivity index (χ4n) is 3.36. The lowest BCUT2D eigenvalue weighted by atomic mass is 10.0. The van der Waals surface area contributed by atoms with Crippen molar-refractivity contribution in [3.63, 3.8) is 0 Å². The number of hydrogen-bond donors (Lipinski definition) is 0. The van der Waals surface area contributed by atoms with Crippen molar-refractivity contribution in [1.82, 2.24) is 0 Å². The third kappa shape index (κ3) is 13.6. The summed E-state index contributed by atoms with van der Waals surface area (Å²) in [5.74, 6) is 0. The topological polar surface area (TPSA) is 0 Å². The molecule has 0 amide bonds. The van der Waals surface area contributed by atoms with E-state index in [4.69, 9.17) is 0 Å². The van der Waals surface area contributed by atoms with E-state index in [9.17, 15) is 0 Å². The minimum absolute atomic E-state index is 1.21. The molecule has 0 nitrogen and oxygen atoms in total. The standard InChI is InChI=1S/C24H41/c1-2-3-4-5-6-7-8-9-10-11-12-13-14-15-16-18-21-24-22-19-17-20-23-24/h16-17,19-20,22-23H,2-15,18,21H2,1H3. The molecule has 0 N–H and O–H groups in total. The fourth-order valence-corrected chi connectivity index (χ4v) is 3.36. The first-order valence-electron chi connectivity index (χ1n) is 10.8. The lowest BCUT2D eigenvalue weighted by Crippen LogP contribution is -1.87. The van der Waals surface area contributed by atoms with Crippen LogP contribution >= 0.6 is 0 Å². The van der Waals surface area contributed by atoms with Gasteiger partial charge in [-0.05, 0) is 24.8 Å². The van der Waals surface area contributed by atoms with Crippen molar-refractivity contribution < 1.29 is 0 Å². The Morgan fingerprint density at radius 1 is 0.583 bits per heavy atom. The molecule has 0 saturated heterocycles. The van der Waals surface area contributed by atoms with Gasteiger partial charge in [-0.2, -0.15) is 0 Å². The first-order chi connectivity index (χ1) is 11.9. The number of unbranched alkanes of at least 4 members (excludes halogenated alkanes) is 15. The second-order valence-corrected chi connectivity index (χ2v) is 7.34. The maximum atomic E-state index is 2.49.